The Morgan fingerprint density at radius 3 is 2.57 bits per heavy atom. The predicted molar refractivity (Wildman–Crippen MR) is 83.5 cm³/mol. The van der Waals surface area contributed by atoms with Crippen molar-refractivity contribution in [1.29, 1.82) is 0 Å². The van der Waals surface area contributed by atoms with Gasteiger partial charge in [0, 0.05) is 51.5 Å². The Kier molecular flexibility index (Phi) is 4.77. The zero-order chi connectivity index (χ0) is 16.4. The number of piperazine rings is 1. The van der Waals surface area contributed by atoms with Gasteiger partial charge in [0.2, 0.25) is 0 Å². The van der Waals surface area contributed by atoms with Crippen LogP contribution in [0.15, 0.2) is 18.3 Å². The maximum atomic E-state index is 13.2. The fourth-order valence-electron chi connectivity index (χ4n) is 3.55. The molecule has 7 heteroatoms. The van der Waals surface area contributed by atoms with Crippen LogP contribution >= 0.6 is 0 Å². The summed E-state index contributed by atoms with van der Waals surface area (Å²) in [5, 5.41) is 0. The zero-order valence-corrected chi connectivity index (χ0v) is 13.4. The molecule has 2 aliphatic heterocycles. The Labute approximate surface area is 134 Å². The van der Waals surface area contributed by atoms with Crippen molar-refractivity contribution in [2.45, 2.75) is 25.6 Å². The van der Waals surface area contributed by atoms with Crippen LogP contribution in [0.1, 0.15) is 18.9 Å². The van der Waals surface area contributed by atoms with E-state index in [0.29, 0.717) is 19.1 Å². The van der Waals surface area contributed by atoms with Crippen LogP contribution in [0, 0.1) is 0 Å². The Morgan fingerprint density at radius 2 is 1.91 bits per heavy atom. The van der Waals surface area contributed by atoms with Gasteiger partial charge in [-0.1, -0.05) is 6.92 Å². The molecule has 0 saturated carbocycles. The van der Waals surface area contributed by atoms with E-state index in [1.807, 2.05) is 0 Å². The molecular weight excluding hydrogens is 305 g/mol. The van der Waals surface area contributed by atoms with Gasteiger partial charge in [-0.15, -0.1) is 0 Å². The van der Waals surface area contributed by atoms with Gasteiger partial charge in [-0.25, -0.2) is 4.98 Å². The van der Waals surface area contributed by atoms with Gasteiger partial charge in [0.1, 0.15) is 5.82 Å². The molecule has 2 fully saturated rings. The van der Waals surface area contributed by atoms with Crippen molar-refractivity contribution in [3.8, 4) is 0 Å². The van der Waals surface area contributed by atoms with Crippen molar-refractivity contribution in [3.05, 3.63) is 23.9 Å². The summed E-state index contributed by atoms with van der Waals surface area (Å²) < 4.78 is 39.5. The van der Waals surface area contributed by atoms with Gasteiger partial charge in [0.05, 0.1) is 5.56 Å². The summed E-state index contributed by atoms with van der Waals surface area (Å²) >= 11 is 0. The summed E-state index contributed by atoms with van der Waals surface area (Å²) in [5.41, 5.74) is -0.628. The molecule has 0 bridgehead atoms. The molecule has 2 saturated heterocycles. The number of alkyl halides is 3. The van der Waals surface area contributed by atoms with Crippen molar-refractivity contribution in [2.24, 2.45) is 0 Å². The molecule has 1 unspecified atom stereocenters. The van der Waals surface area contributed by atoms with Crippen molar-refractivity contribution in [2.75, 3.05) is 50.7 Å². The number of pyridine rings is 1. The van der Waals surface area contributed by atoms with Crippen molar-refractivity contribution in [3.63, 3.8) is 0 Å². The standard InChI is InChI=1S/C16H23F3N4/c1-2-21-8-10-22(11-9-21)13-5-7-23(12-13)15-14(16(17,18)19)4-3-6-20-15/h3-4,6,13H,2,5,7-12H2,1H3. The van der Waals surface area contributed by atoms with Crippen LogP contribution < -0.4 is 4.90 Å². The maximum absolute atomic E-state index is 13.2. The van der Waals surface area contributed by atoms with Crippen LogP contribution in [0.25, 0.3) is 0 Å². The van der Waals surface area contributed by atoms with Gasteiger partial charge < -0.3 is 9.80 Å². The molecule has 0 aromatic carbocycles. The summed E-state index contributed by atoms with van der Waals surface area (Å²) in [4.78, 5) is 10.6. The molecule has 1 aromatic heterocycles. The molecule has 23 heavy (non-hydrogen) atoms. The molecule has 0 spiro atoms. The average Bonchev–Trinajstić information content (AvgIpc) is 3.04. The molecule has 1 aromatic rings. The highest BCUT2D eigenvalue weighted by Crippen LogP contribution is 2.36. The Balaban J connectivity index is 1.67. The van der Waals surface area contributed by atoms with Crippen LogP contribution in [0.3, 0.4) is 0 Å². The number of likely N-dealkylation sites (N-methyl/N-ethyl adjacent to an activating group) is 1. The van der Waals surface area contributed by atoms with Crippen LogP contribution in [-0.2, 0) is 6.18 Å². The van der Waals surface area contributed by atoms with Gasteiger partial charge >= 0.3 is 6.18 Å². The molecule has 1 atom stereocenters. The van der Waals surface area contributed by atoms with E-state index in [9.17, 15) is 13.2 Å². The summed E-state index contributed by atoms with van der Waals surface area (Å²) in [7, 11) is 0. The Morgan fingerprint density at radius 1 is 1.17 bits per heavy atom. The summed E-state index contributed by atoms with van der Waals surface area (Å²) in [6.07, 6.45) is -2.01. The first-order valence-electron chi connectivity index (χ1n) is 8.22. The molecular formula is C16H23F3N4. The average molecular weight is 328 g/mol. The van der Waals surface area contributed by atoms with E-state index in [0.717, 1.165) is 45.2 Å². The van der Waals surface area contributed by atoms with Crippen LogP contribution in [-0.4, -0.2) is 66.6 Å². The highest BCUT2D eigenvalue weighted by molar-refractivity contribution is 5.49. The van der Waals surface area contributed by atoms with E-state index in [1.165, 1.54) is 12.3 Å². The van der Waals surface area contributed by atoms with Crippen LogP contribution in [0.4, 0.5) is 19.0 Å². The van der Waals surface area contributed by atoms with Gasteiger partial charge in [-0.3, -0.25) is 4.90 Å². The van der Waals surface area contributed by atoms with E-state index >= 15 is 0 Å². The molecule has 3 heterocycles. The molecule has 0 radical (unpaired) electrons. The van der Waals surface area contributed by atoms with Crippen LogP contribution in [0.2, 0.25) is 0 Å². The second-order valence-electron chi connectivity index (χ2n) is 6.23. The predicted octanol–water partition coefficient (Wildman–Crippen LogP) is 2.32. The number of nitrogens with zero attached hydrogens (tertiary/aromatic N) is 4. The lowest BCUT2D eigenvalue weighted by molar-refractivity contribution is -0.137. The number of aromatic nitrogens is 1. The van der Waals surface area contributed by atoms with E-state index in [-0.39, 0.29) is 5.82 Å². The van der Waals surface area contributed by atoms with Gasteiger partial charge in [-0.2, -0.15) is 13.2 Å². The summed E-state index contributed by atoms with van der Waals surface area (Å²) in [6, 6.07) is 2.80. The van der Waals surface area contributed by atoms with E-state index in [4.69, 9.17) is 0 Å². The van der Waals surface area contributed by atoms with Crippen molar-refractivity contribution in [1.82, 2.24) is 14.8 Å². The second-order valence-corrected chi connectivity index (χ2v) is 6.23. The number of halogens is 3. The molecule has 0 amide bonds. The van der Waals surface area contributed by atoms with E-state index in [1.54, 1.807) is 4.90 Å². The van der Waals surface area contributed by atoms with Crippen LogP contribution in [0.5, 0.6) is 0 Å². The largest absolute Gasteiger partial charge is 0.419 e. The summed E-state index contributed by atoms with van der Waals surface area (Å²) in [6.45, 7) is 8.58. The third kappa shape index (κ3) is 3.61. The van der Waals surface area contributed by atoms with Gasteiger partial charge in [-0.05, 0) is 25.1 Å². The monoisotopic (exact) mass is 328 g/mol. The number of hydrogen-bond acceptors (Lipinski definition) is 4. The highest BCUT2D eigenvalue weighted by Gasteiger charge is 2.38. The first-order chi connectivity index (χ1) is 11.0. The number of rotatable bonds is 3. The number of hydrogen-bond donors (Lipinski definition) is 0. The minimum Gasteiger partial charge on any atom is -0.354 e. The first-order valence-corrected chi connectivity index (χ1v) is 8.22. The topological polar surface area (TPSA) is 22.6 Å². The minimum atomic E-state index is -4.35. The SMILES string of the molecule is CCN1CCN(C2CCN(c3ncccc3C(F)(F)F)C2)CC1. The molecule has 128 valence electrons. The molecule has 2 aliphatic rings. The van der Waals surface area contributed by atoms with E-state index < -0.39 is 11.7 Å². The minimum absolute atomic E-state index is 0.0784. The second kappa shape index (κ2) is 6.65. The Bertz CT molecular complexity index is 526. The highest BCUT2D eigenvalue weighted by atomic mass is 19.4. The lowest BCUT2D eigenvalue weighted by Crippen LogP contribution is -2.50. The number of anilines is 1. The summed E-state index contributed by atoms with van der Waals surface area (Å²) in [5.74, 6) is 0.0784. The third-order valence-corrected chi connectivity index (χ3v) is 4.93. The van der Waals surface area contributed by atoms with Crippen molar-refractivity contribution < 1.29 is 13.2 Å². The van der Waals surface area contributed by atoms with Gasteiger partial charge in [0.15, 0.2) is 0 Å². The normalized spacial score (nSPS) is 24.3. The van der Waals surface area contributed by atoms with Gasteiger partial charge in [0.25, 0.3) is 0 Å². The first kappa shape index (κ1) is 16.5. The zero-order valence-electron chi connectivity index (χ0n) is 13.4. The van der Waals surface area contributed by atoms with Crippen molar-refractivity contribution >= 4 is 5.82 Å². The lowest BCUT2D eigenvalue weighted by Gasteiger charge is -2.37. The third-order valence-electron chi connectivity index (χ3n) is 4.93. The smallest absolute Gasteiger partial charge is 0.354 e. The maximum Gasteiger partial charge on any atom is 0.419 e. The quantitative estimate of drug-likeness (QED) is 0.849. The van der Waals surface area contributed by atoms with E-state index in [2.05, 4.69) is 21.7 Å². The lowest BCUT2D eigenvalue weighted by atomic mass is 10.2. The fraction of sp³-hybridized carbons (Fsp3) is 0.688. The Hall–Kier alpha value is -1.34. The fourth-order valence-corrected chi connectivity index (χ4v) is 3.55. The molecule has 0 aliphatic carbocycles. The molecule has 4 nitrogen and oxygen atoms in total. The molecule has 3 rings (SSSR count). The molecule has 0 N–H and O–H groups in total.